The van der Waals surface area contributed by atoms with Crippen molar-refractivity contribution < 1.29 is 4.79 Å². The highest BCUT2D eigenvalue weighted by Gasteiger charge is 2.22. The molecule has 0 saturated carbocycles. The van der Waals surface area contributed by atoms with Gasteiger partial charge in [0.1, 0.15) is 0 Å². The first-order valence-corrected chi connectivity index (χ1v) is 11.6. The van der Waals surface area contributed by atoms with Gasteiger partial charge in [0.25, 0.3) is 0 Å². The number of hydrogen-bond acceptors (Lipinski definition) is 5. The molecule has 4 aromatic rings. The summed E-state index contributed by atoms with van der Waals surface area (Å²) >= 11 is 1.47. The molecule has 0 N–H and O–H groups in total. The molecule has 0 spiro atoms. The lowest BCUT2D eigenvalue weighted by molar-refractivity contribution is -0.130. The van der Waals surface area contributed by atoms with Crippen LogP contribution in [0.2, 0.25) is 0 Å². The topological polar surface area (TPSA) is 53.7 Å². The molecule has 0 radical (unpaired) electrons. The number of rotatable bonds is 5. The molecular weight excluding hydrogens is 406 g/mol. The highest BCUT2D eigenvalue weighted by molar-refractivity contribution is 7.99. The maximum atomic E-state index is 12.8. The SMILES string of the molecule is Cc1cc2nnc(SCC(=O)N3CCN(Cc4ccccc4)CC3)n2c2ccccc12. The number of fused-ring (bicyclic) bond motifs is 3. The summed E-state index contributed by atoms with van der Waals surface area (Å²) < 4.78 is 2.05. The smallest absolute Gasteiger partial charge is 0.233 e. The molecule has 3 heterocycles. The molecule has 2 aromatic heterocycles. The van der Waals surface area contributed by atoms with Gasteiger partial charge in [-0.15, -0.1) is 10.2 Å². The number of nitrogens with zero attached hydrogens (tertiary/aromatic N) is 5. The zero-order valence-corrected chi connectivity index (χ0v) is 18.4. The second-order valence-electron chi connectivity index (χ2n) is 7.95. The van der Waals surface area contributed by atoms with Crippen LogP contribution < -0.4 is 0 Å². The van der Waals surface area contributed by atoms with Gasteiger partial charge in [-0.1, -0.05) is 60.3 Å². The first kappa shape index (κ1) is 20.0. The highest BCUT2D eigenvalue weighted by Crippen LogP contribution is 2.26. The molecule has 1 amide bonds. The molecule has 5 rings (SSSR count). The Bertz CT molecular complexity index is 1210. The normalized spacial score (nSPS) is 15.1. The van der Waals surface area contributed by atoms with E-state index in [2.05, 4.69) is 62.8 Å². The summed E-state index contributed by atoms with van der Waals surface area (Å²) in [4.78, 5) is 17.2. The van der Waals surface area contributed by atoms with Gasteiger partial charge in [0, 0.05) is 38.1 Å². The standard InChI is InChI=1S/C24H25N5OS/c1-18-15-22-25-26-24(29(22)21-10-6-5-9-20(18)21)31-17-23(30)28-13-11-27(12-14-28)16-19-7-3-2-4-8-19/h2-10,15H,11-14,16-17H2,1H3. The second-order valence-corrected chi connectivity index (χ2v) is 8.89. The summed E-state index contributed by atoms with van der Waals surface area (Å²) in [7, 11) is 0. The largest absolute Gasteiger partial charge is 0.339 e. The number of carbonyl (C=O) groups is 1. The van der Waals surface area contributed by atoms with Crippen LogP contribution in [0.15, 0.2) is 65.8 Å². The van der Waals surface area contributed by atoms with Gasteiger partial charge in [0.05, 0.1) is 11.3 Å². The van der Waals surface area contributed by atoms with E-state index >= 15 is 0 Å². The Balaban J connectivity index is 1.22. The van der Waals surface area contributed by atoms with Gasteiger partial charge < -0.3 is 4.90 Å². The molecular formula is C24H25N5OS. The number of thioether (sulfide) groups is 1. The van der Waals surface area contributed by atoms with Crippen LogP contribution in [0.4, 0.5) is 0 Å². The van der Waals surface area contributed by atoms with Gasteiger partial charge in [0.2, 0.25) is 5.91 Å². The minimum atomic E-state index is 0.164. The average molecular weight is 432 g/mol. The zero-order chi connectivity index (χ0) is 21.2. The lowest BCUT2D eigenvalue weighted by Gasteiger charge is -2.34. The summed E-state index contributed by atoms with van der Waals surface area (Å²) in [6.45, 7) is 6.39. The first-order valence-electron chi connectivity index (χ1n) is 10.6. The number of amides is 1. The van der Waals surface area contributed by atoms with Gasteiger partial charge in [-0.05, 0) is 30.2 Å². The Labute approximate surface area is 185 Å². The molecule has 158 valence electrons. The first-order chi connectivity index (χ1) is 15.2. The number of piperazine rings is 1. The molecule has 1 aliphatic heterocycles. The Morgan fingerprint density at radius 1 is 0.968 bits per heavy atom. The van der Waals surface area contributed by atoms with Crippen molar-refractivity contribution in [3.63, 3.8) is 0 Å². The van der Waals surface area contributed by atoms with Crippen LogP contribution in [0.1, 0.15) is 11.1 Å². The molecule has 1 fully saturated rings. The molecule has 6 nitrogen and oxygen atoms in total. The van der Waals surface area contributed by atoms with Crippen LogP contribution in [-0.2, 0) is 11.3 Å². The quantitative estimate of drug-likeness (QED) is 0.452. The lowest BCUT2D eigenvalue weighted by Crippen LogP contribution is -2.48. The van der Waals surface area contributed by atoms with Crippen molar-refractivity contribution in [2.24, 2.45) is 0 Å². The lowest BCUT2D eigenvalue weighted by atomic mass is 10.1. The molecule has 1 aliphatic rings. The number of carbonyl (C=O) groups excluding carboxylic acids is 1. The Hall–Kier alpha value is -2.90. The summed E-state index contributed by atoms with van der Waals surface area (Å²) in [5.74, 6) is 0.541. The van der Waals surface area contributed by atoms with Crippen molar-refractivity contribution in [1.29, 1.82) is 0 Å². The van der Waals surface area contributed by atoms with E-state index in [-0.39, 0.29) is 5.91 Å². The van der Waals surface area contributed by atoms with Crippen molar-refractivity contribution in [3.05, 3.63) is 71.8 Å². The van der Waals surface area contributed by atoms with E-state index in [1.807, 2.05) is 29.2 Å². The fourth-order valence-corrected chi connectivity index (χ4v) is 5.04. The van der Waals surface area contributed by atoms with E-state index in [9.17, 15) is 4.79 Å². The molecule has 0 aliphatic carbocycles. The van der Waals surface area contributed by atoms with E-state index in [0.29, 0.717) is 5.75 Å². The number of benzene rings is 2. The molecule has 7 heteroatoms. The summed E-state index contributed by atoms with van der Waals surface area (Å²) in [6.07, 6.45) is 0. The fourth-order valence-electron chi connectivity index (χ4n) is 4.18. The predicted molar refractivity (Wildman–Crippen MR) is 124 cm³/mol. The van der Waals surface area contributed by atoms with Crippen LogP contribution in [0.3, 0.4) is 0 Å². The highest BCUT2D eigenvalue weighted by atomic mass is 32.2. The minimum Gasteiger partial charge on any atom is -0.339 e. The third-order valence-corrected chi connectivity index (χ3v) is 6.79. The van der Waals surface area contributed by atoms with Gasteiger partial charge >= 0.3 is 0 Å². The Morgan fingerprint density at radius 2 is 1.71 bits per heavy atom. The third kappa shape index (κ3) is 4.16. The third-order valence-electron chi connectivity index (χ3n) is 5.87. The van der Waals surface area contributed by atoms with Crippen LogP contribution in [0, 0.1) is 6.92 Å². The van der Waals surface area contributed by atoms with Gasteiger partial charge in [-0.3, -0.25) is 14.1 Å². The van der Waals surface area contributed by atoms with Crippen molar-refractivity contribution >= 4 is 34.2 Å². The molecule has 1 saturated heterocycles. The summed E-state index contributed by atoms with van der Waals surface area (Å²) in [6, 6.07) is 20.8. The van der Waals surface area contributed by atoms with Crippen molar-refractivity contribution in [2.45, 2.75) is 18.6 Å². The predicted octanol–water partition coefficient (Wildman–Crippen LogP) is 3.63. The summed E-state index contributed by atoms with van der Waals surface area (Å²) in [5, 5.41) is 10.6. The number of aromatic nitrogens is 3. The molecule has 0 atom stereocenters. The molecule has 2 aromatic carbocycles. The van der Waals surface area contributed by atoms with Crippen LogP contribution in [-0.4, -0.2) is 62.2 Å². The van der Waals surface area contributed by atoms with Gasteiger partial charge in [-0.25, -0.2) is 0 Å². The maximum absolute atomic E-state index is 12.8. The van der Waals surface area contributed by atoms with Crippen molar-refractivity contribution in [3.8, 4) is 0 Å². The minimum absolute atomic E-state index is 0.164. The summed E-state index contributed by atoms with van der Waals surface area (Å²) in [5.41, 5.74) is 4.39. The molecule has 0 bridgehead atoms. The second kappa shape index (κ2) is 8.69. The average Bonchev–Trinajstić information content (AvgIpc) is 3.22. The van der Waals surface area contributed by atoms with E-state index in [1.54, 1.807) is 0 Å². The van der Waals surface area contributed by atoms with E-state index < -0.39 is 0 Å². The van der Waals surface area contributed by atoms with Crippen LogP contribution >= 0.6 is 11.8 Å². The van der Waals surface area contributed by atoms with E-state index in [0.717, 1.165) is 49.0 Å². The van der Waals surface area contributed by atoms with E-state index in [1.165, 1.54) is 28.3 Å². The van der Waals surface area contributed by atoms with Crippen LogP contribution in [0.25, 0.3) is 16.6 Å². The zero-order valence-electron chi connectivity index (χ0n) is 17.6. The van der Waals surface area contributed by atoms with Crippen molar-refractivity contribution in [2.75, 3.05) is 31.9 Å². The fraction of sp³-hybridized carbons (Fsp3) is 0.292. The molecule has 31 heavy (non-hydrogen) atoms. The van der Waals surface area contributed by atoms with Crippen LogP contribution in [0.5, 0.6) is 0 Å². The number of aryl methyl sites for hydroxylation is 1. The number of hydrogen-bond donors (Lipinski definition) is 0. The van der Waals surface area contributed by atoms with Crippen molar-refractivity contribution in [1.82, 2.24) is 24.4 Å². The van der Waals surface area contributed by atoms with E-state index in [4.69, 9.17) is 0 Å². The maximum Gasteiger partial charge on any atom is 0.233 e. The van der Waals surface area contributed by atoms with Gasteiger partial charge in [0.15, 0.2) is 10.8 Å². The van der Waals surface area contributed by atoms with Gasteiger partial charge in [-0.2, -0.15) is 0 Å². The number of pyridine rings is 1. The Morgan fingerprint density at radius 3 is 2.52 bits per heavy atom. The Kier molecular flexibility index (Phi) is 5.61. The molecule has 0 unspecified atom stereocenters. The number of para-hydroxylation sites is 1. The monoisotopic (exact) mass is 431 g/mol.